The third-order valence-corrected chi connectivity index (χ3v) is 1.78. The van der Waals surface area contributed by atoms with Crippen LogP contribution in [0.15, 0.2) is 12.2 Å². The van der Waals surface area contributed by atoms with Crippen molar-refractivity contribution in [2.24, 2.45) is 0 Å². The highest BCUT2D eigenvalue weighted by Gasteiger charge is 2.13. The van der Waals surface area contributed by atoms with Gasteiger partial charge < -0.3 is 14.8 Å². The van der Waals surface area contributed by atoms with Gasteiger partial charge in [-0.3, -0.25) is 4.79 Å². The molecule has 1 amide bonds. The molecule has 0 atom stereocenters. The van der Waals surface area contributed by atoms with Crippen molar-refractivity contribution in [3.05, 3.63) is 12.2 Å². The zero-order valence-electron chi connectivity index (χ0n) is 7.79. The van der Waals surface area contributed by atoms with Crippen molar-refractivity contribution in [2.75, 3.05) is 20.3 Å². The number of amides is 1. The Bertz CT molecular complexity index is 185. The van der Waals surface area contributed by atoms with Gasteiger partial charge in [-0.15, -0.1) is 0 Å². The molecule has 1 fully saturated rings. The first kappa shape index (κ1) is 10.2. The van der Waals surface area contributed by atoms with Gasteiger partial charge in [0.05, 0.1) is 13.2 Å². The lowest BCUT2D eigenvalue weighted by Gasteiger charge is -2.05. The Morgan fingerprint density at radius 2 is 2.23 bits per heavy atom. The number of allylic oxidation sites excluding steroid dienone is 1. The van der Waals surface area contributed by atoms with Crippen LogP contribution in [0.4, 0.5) is 0 Å². The fraction of sp³-hybridized carbons (Fsp3) is 0.667. The Kier molecular flexibility index (Phi) is 4.49. The van der Waals surface area contributed by atoms with Crippen molar-refractivity contribution in [1.82, 2.24) is 5.32 Å². The molecule has 0 spiro atoms. The van der Waals surface area contributed by atoms with E-state index in [0.717, 1.165) is 12.8 Å². The molecule has 0 aromatic heterocycles. The van der Waals surface area contributed by atoms with Gasteiger partial charge in [0.1, 0.15) is 0 Å². The minimum Gasteiger partial charge on any atom is -0.356 e. The van der Waals surface area contributed by atoms with Crippen LogP contribution >= 0.6 is 0 Å². The lowest BCUT2D eigenvalue weighted by molar-refractivity contribution is -0.116. The highest BCUT2D eigenvalue weighted by Crippen LogP contribution is 2.09. The molecule has 1 aliphatic rings. The average molecular weight is 185 g/mol. The van der Waals surface area contributed by atoms with Gasteiger partial charge in [-0.1, -0.05) is 6.08 Å². The van der Waals surface area contributed by atoms with E-state index in [1.165, 1.54) is 6.08 Å². The molecule has 1 heterocycles. The van der Waals surface area contributed by atoms with Crippen molar-refractivity contribution >= 4 is 5.91 Å². The summed E-state index contributed by atoms with van der Waals surface area (Å²) < 4.78 is 10.5. The van der Waals surface area contributed by atoms with Crippen LogP contribution < -0.4 is 5.32 Å². The van der Waals surface area contributed by atoms with Crippen LogP contribution in [0, 0.1) is 0 Å². The molecule has 1 N–H and O–H groups in total. The van der Waals surface area contributed by atoms with Crippen molar-refractivity contribution < 1.29 is 14.3 Å². The van der Waals surface area contributed by atoms with E-state index < -0.39 is 0 Å². The molecule has 4 nitrogen and oxygen atoms in total. The number of carbonyl (C=O) groups is 1. The van der Waals surface area contributed by atoms with Gasteiger partial charge in [-0.25, -0.2) is 0 Å². The molecule has 0 unspecified atom stereocenters. The normalized spacial score (nSPS) is 18.2. The summed E-state index contributed by atoms with van der Waals surface area (Å²) in [4.78, 5) is 10.7. The van der Waals surface area contributed by atoms with Crippen molar-refractivity contribution in [2.45, 2.75) is 19.1 Å². The van der Waals surface area contributed by atoms with E-state index in [9.17, 15) is 4.79 Å². The highest BCUT2D eigenvalue weighted by atomic mass is 16.7. The fourth-order valence-corrected chi connectivity index (χ4v) is 1.08. The van der Waals surface area contributed by atoms with Gasteiger partial charge in [0.15, 0.2) is 6.29 Å². The second kappa shape index (κ2) is 5.72. The van der Waals surface area contributed by atoms with Crippen LogP contribution in [-0.2, 0) is 14.3 Å². The Hall–Kier alpha value is -0.870. The quantitative estimate of drug-likeness (QED) is 0.646. The minimum atomic E-state index is -0.0757. The first-order chi connectivity index (χ1) is 6.33. The summed E-state index contributed by atoms with van der Waals surface area (Å²) in [6.07, 6.45) is 4.89. The van der Waals surface area contributed by atoms with Gasteiger partial charge in [0.2, 0.25) is 5.91 Å². The molecule has 1 rings (SSSR count). The molecule has 0 saturated carbocycles. The maximum atomic E-state index is 10.7. The summed E-state index contributed by atoms with van der Waals surface area (Å²) in [5.74, 6) is -0.0757. The highest BCUT2D eigenvalue weighted by molar-refractivity contribution is 5.87. The molecular formula is C9H15NO3. The molecular weight excluding hydrogens is 170 g/mol. The minimum absolute atomic E-state index is 0.0747. The number of ether oxygens (including phenoxy) is 2. The number of carbonyl (C=O) groups excluding carboxylic acids is 1. The molecule has 13 heavy (non-hydrogen) atoms. The molecule has 0 aliphatic carbocycles. The van der Waals surface area contributed by atoms with Gasteiger partial charge in [0, 0.05) is 13.5 Å². The summed E-state index contributed by atoms with van der Waals surface area (Å²) in [5.41, 5.74) is 0. The zero-order chi connectivity index (χ0) is 9.52. The number of hydrogen-bond donors (Lipinski definition) is 1. The van der Waals surface area contributed by atoms with Crippen LogP contribution in [0.2, 0.25) is 0 Å². The third kappa shape index (κ3) is 4.05. The van der Waals surface area contributed by atoms with Crippen LogP contribution in [0.5, 0.6) is 0 Å². The van der Waals surface area contributed by atoms with Crippen LogP contribution in [0.3, 0.4) is 0 Å². The Morgan fingerprint density at radius 3 is 2.85 bits per heavy atom. The molecule has 1 saturated heterocycles. The van der Waals surface area contributed by atoms with E-state index in [-0.39, 0.29) is 12.2 Å². The second-order valence-corrected chi connectivity index (χ2v) is 2.77. The smallest absolute Gasteiger partial charge is 0.243 e. The standard InChI is InChI=1S/C9H15NO3/c1-10-8(11)4-2-3-5-9-12-6-7-13-9/h2,4,9H,3,5-7H2,1H3,(H,10,11). The van der Waals surface area contributed by atoms with E-state index in [1.807, 2.05) is 6.08 Å². The van der Waals surface area contributed by atoms with Crippen LogP contribution in [0.1, 0.15) is 12.8 Å². The van der Waals surface area contributed by atoms with E-state index in [2.05, 4.69) is 5.32 Å². The molecule has 0 bridgehead atoms. The Labute approximate surface area is 77.9 Å². The van der Waals surface area contributed by atoms with E-state index in [0.29, 0.717) is 13.2 Å². The molecule has 74 valence electrons. The predicted octanol–water partition coefficient (Wildman–Crippen LogP) is 0.442. The predicted molar refractivity (Wildman–Crippen MR) is 48.1 cm³/mol. The first-order valence-electron chi connectivity index (χ1n) is 4.44. The SMILES string of the molecule is CNC(=O)C=CCCC1OCCO1. The largest absolute Gasteiger partial charge is 0.356 e. The maximum Gasteiger partial charge on any atom is 0.243 e. The molecule has 0 aromatic rings. The molecule has 0 radical (unpaired) electrons. The number of nitrogens with one attached hydrogen (secondary N) is 1. The average Bonchev–Trinajstić information content (AvgIpc) is 2.64. The number of rotatable bonds is 4. The summed E-state index contributed by atoms with van der Waals surface area (Å²) in [5, 5.41) is 2.51. The summed E-state index contributed by atoms with van der Waals surface area (Å²) in [6, 6.07) is 0. The van der Waals surface area contributed by atoms with Gasteiger partial charge in [-0.05, 0) is 12.5 Å². The van der Waals surface area contributed by atoms with Gasteiger partial charge in [0.25, 0.3) is 0 Å². The third-order valence-electron chi connectivity index (χ3n) is 1.78. The van der Waals surface area contributed by atoms with Crippen molar-refractivity contribution in [1.29, 1.82) is 0 Å². The molecule has 0 aromatic carbocycles. The first-order valence-corrected chi connectivity index (χ1v) is 4.44. The number of hydrogen-bond acceptors (Lipinski definition) is 3. The Morgan fingerprint density at radius 1 is 1.54 bits per heavy atom. The monoisotopic (exact) mass is 185 g/mol. The van der Waals surface area contributed by atoms with E-state index >= 15 is 0 Å². The van der Waals surface area contributed by atoms with Crippen molar-refractivity contribution in [3.63, 3.8) is 0 Å². The topological polar surface area (TPSA) is 47.6 Å². The van der Waals surface area contributed by atoms with Gasteiger partial charge >= 0.3 is 0 Å². The number of likely N-dealkylation sites (N-methyl/N-ethyl adjacent to an activating group) is 1. The summed E-state index contributed by atoms with van der Waals surface area (Å²) in [7, 11) is 1.61. The molecule has 1 aliphatic heterocycles. The van der Waals surface area contributed by atoms with Crippen LogP contribution in [-0.4, -0.2) is 32.5 Å². The summed E-state index contributed by atoms with van der Waals surface area (Å²) in [6.45, 7) is 1.37. The maximum absolute atomic E-state index is 10.7. The van der Waals surface area contributed by atoms with Gasteiger partial charge in [-0.2, -0.15) is 0 Å². The van der Waals surface area contributed by atoms with E-state index in [4.69, 9.17) is 9.47 Å². The lowest BCUT2D eigenvalue weighted by atomic mass is 10.3. The second-order valence-electron chi connectivity index (χ2n) is 2.77. The summed E-state index contributed by atoms with van der Waals surface area (Å²) >= 11 is 0. The molecule has 4 heteroatoms. The van der Waals surface area contributed by atoms with Crippen molar-refractivity contribution in [3.8, 4) is 0 Å². The fourth-order valence-electron chi connectivity index (χ4n) is 1.08. The van der Waals surface area contributed by atoms with E-state index in [1.54, 1.807) is 7.05 Å². The Balaban J connectivity index is 2.05. The lowest BCUT2D eigenvalue weighted by Crippen LogP contribution is -2.14. The van der Waals surface area contributed by atoms with Crippen LogP contribution in [0.25, 0.3) is 0 Å². The zero-order valence-corrected chi connectivity index (χ0v) is 7.79.